The second-order valence-electron chi connectivity index (χ2n) is 8.48. The van der Waals surface area contributed by atoms with Crippen molar-refractivity contribution in [1.82, 2.24) is 5.43 Å². The third kappa shape index (κ3) is 8.31. The fourth-order valence-corrected chi connectivity index (χ4v) is 5.29. The summed E-state index contributed by atoms with van der Waals surface area (Å²) in [7, 11) is -4.05. The van der Waals surface area contributed by atoms with Crippen LogP contribution in [-0.2, 0) is 19.6 Å². The second-order valence-corrected chi connectivity index (χ2v) is 11.2. The van der Waals surface area contributed by atoms with Gasteiger partial charge in [0.1, 0.15) is 12.3 Å². The van der Waals surface area contributed by atoms with Gasteiger partial charge in [0.25, 0.3) is 21.8 Å². The van der Waals surface area contributed by atoms with Crippen molar-refractivity contribution in [1.29, 1.82) is 0 Å². The maximum Gasteiger partial charge on any atom is 0.264 e. The summed E-state index contributed by atoms with van der Waals surface area (Å²) < 4.78 is 33.1. The molecule has 0 spiro atoms. The average molecular weight is 612 g/mol. The number of nitrogens with zero attached hydrogens (tertiary/aromatic N) is 2. The number of benzene rings is 4. The molecular formula is C29H24Cl2N4O5S. The number of para-hydroxylation sites is 1. The van der Waals surface area contributed by atoms with E-state index in [0.29, 0.717) is 27.0 Å². The van der Waals surface area contributed by atoms with Crippen LogP contribution in [-0.4, -0.2) is 39.6 Å². The molecule has 0 saturated heterocycles. The van der Waals surface area contributed by atoms with Crippen LogP contribution in [0.25, 0.3) is 0 Å². The molecule has 2 N–H and O–H groups in total. The number of ether oxygens (including phenoxy) is 1. The first-order valence-electron chi connectivity index (χ1n) is 12.1. The smallest absolute Gasteiger partial charge is 0.264 e. The summed E-state index contributed by atoms with van der Waals surface area (Å²) in [4.78, 5) is 24.9. The van der Waals surface area contributed by atoms with E-state index in [1.54, 1.807) is 78.9 Å². The first-order chi connectivity index (χ1) is 19.7. The van der Waals surface area contributed by atoms with E-state index in [2.05, 4.69) is 15.8 Å². The summed E-state index contributed by atoms with van der Waals surface area (Å²) in [6, 6.07) is 27.4. The van der Waals surface area contributed by atoms with Crippen molar-refractivity contribution in [2.24, 2.45) is 5.10 Å². The van der Waals surface area contributed by atoms with Crippen molar-refractivity contribution in [2.45, 2.75) is 4.90 Å². The molecule has 0 aliphatic heterocycles. The van der Waals surface area contributed by atoms with E-state index in [9.17, 15) is 18.0 Å². The molecule has 0 aliphatic carbocycles. The van der Waals surface area contributed by atoms with E-state index in [1.165, 1.54) is 30.5 Å². The molecule has 0 atom stereocenters. The highest BCUT2D eigenvalue weighted by molar-refractivity contribution is 7.92. The standard InChI is InChI=1S/C29H24Cl2N4O5S/c30-22-12-14-23(15-13-22)35(41(38,39)25-6-2-1-3-7-25)19-28(36)34-32-18-21-10-16-24(17-11-21)40-20-29(37)33-27-9-5-4-8-26(27)31/h1-18H,19-20H2,(H,33,37)(H,34,36)/b32-18-. The Morgan fingerprint density at radius 3 is 2.17 bits per heavy atom. The van der Waals surface area contributed by atoms with Gasteiger partial charge >= 0.3 is 0 Å². The van der Waals surface area contributed by atoms with Gasteiger partial charge in [-0.05, 0) is 78.4 Å². The Kier molecular flexibility index (Phi) is 9.96. The van der Waals surface area contributed by atoms with Crippen LogP contribution in [0, 0.1) is 0 Å². The van der Waals surface area contributed by atoms with Crippen LogP contribution in [0.5, 0.6) is 5.75 Å². The first kappa shape index (κ1) is 29.6. The van der Waals surface area contributed by atoms with Crippen molar-refractivity contribution in [2.75, 3.05) is 22.8 Å². The van der Waals surface area contributed by atoms with Gasteiger partial charge in [0.2, 0.25) is 0 Å². The van der Waals surface area contributed by atoms with Crippen molar-refractivity contribution in [3.63, 3.8) is 0 Å². The van der Waals surface area contributed by atoms with Crippen molar-refractivity contribution >= 4 is 62.6 Å². The third-order valence-corrected chi connectivity index (χ3v) is 7.90. The Morgan fingerprint density at radius 1 is 0.829 bits per heavy atom. The van der Waals surface area contributed by atoms with Gasteiger partial charge in [0.15, 0.2) is 6.61 Å². The molecule has 0 unspecified atom stereocenters. The number of hydrazone groups is 1. The van der Waals surface area contributed by atoms with Gasteiger partial charge in [0, 0.05) is 5.02 Å². The molecule has 41 heavy (non-hydrogen) atoms. The third-order valence-electron chi connectivity index (χ3n) is 5.53. The fraction of sp³-hybridized carbons (Fsp3) is 0.0690. The highest BCUT2D eigenvalue weighted by Gasteiger charge is 2.27. The molecule has 210 valence electrons. The van der Waals surface area contributed by atoms with Gasteiger partial charge in [-0.3, -0.25) is 13.9 Å². The molecular weight excluding hydrogens is 587 g/mol. The number of halogens is 2. The highest BCUT2D eigenvalue weighted by atomic mass is 35.5. The number of anilines is 2. The summed E-state index contributed by atoms with van der Waals surface area (Å²) in [5.41, 5.74) is 3.74. The molecule has 0 fully saturated rings. The Hall–Kier alpha value is -4.38. The number of hydrogen-bond acceptors (Lipinski definition) is 6. The lowest BCUT2D eigenvalue weighted by atomic mass is 10.2. The van der Waals surface area contributed by atoms with Gasteiger partial charge in [-0.2, -0.15) is 5.10 Å². The van der Waals surface area contributed by atoms with E-state index in [4.69, 9.17) is 27.9 Å². The van der Waals surface area contributed by atoms with E-state index in [1.807, 2.05) is 0 Å². The summed E-state index contributed by atoms with van der Waals surface area (Å²) in [5.74, 6) is -0.571. The Labute approximate surface area is 247 Å². The van der Waals surface area contributed by atoms with Gasteiger partial charge in [-0.15, -0.1) is 0 Å². The molecule has 0 radical (unpaired) electrons. The minimum Gasteiger partial charge on any atom is -0.484 e. The SMILES string of the molecule is O=C(CN(c1ccc(Cl)cc1)S(=O)(=O)c1ccccc1)N/N=C\c1ccc(OCC(=O)Nc2ccccc2Cl)cc1. The van der Waals surface area contributed by atoms with Gasteiger partial charge in [-0.1, -0.05) is 53.5 Å². The van der Waals surface area contributed by atoms with Gasteiger partial charge in [0.05, 0.1) is 27.5 Å². The van der Waals surface area contributed by atoms with Crippen LogP contribution in [0.1, 0.15) is 5.56 Å². The van der Waals surface area contributed by atoms with Crippen molar-refractivity contribution < 1.29 is 22.7 Å². The number of sulfonamides is 1. The Morgan fingerprint density at radius 2 is 1.49 bits per heavy atom. The summed E-state index contributed by atoms with van der Waals surface area (Å²) in [6.45, 7) is -0.732. The Balaban J connectivity index is 1.34. The summed E-state index contributed by atoms with van der Waals surface area (Å²) in [6.07, 6.45) is 1.39. The van der Waals surface area contributed by atoms with E-state index in [-0.39, 0.29) is 23.1 Å². The number of amides is 2. The van der Waals surface area contributed by atoms with Gasteiger partial charge in [-0.25, -0.2) is 13.8 Å². The summed E-state index contributed by atoms with van der Waals surface area (Å²) in [5, 5.41) is 7.45. The molecule has 4 rings (SSSR count). The lowest BCUT2D eigenvalue weighted by Gasteiger charge is -2.23. The minimum atomic E-state index is -4.05. The number of carbonyl (C=O) groups is 2. The normalized spacial score (nSPS) is 11.2. The number of carbonyl (C=O) groups excluding carboxylic acids is 2. The molecule has 0 bridgehead atoms. The van der Waals surface area contributed by atoms with Crippen LogP contribution < -0.4 is 19.8 Å². The first-order valence-corrected chi connectivity index (χ1v) is 14.3. The lowest BCUT2D eigenvalue weighted by molar-refractivity contribution is -0.119. The second kappa shape index (κ2) is 13.8. The van der Waals surface area contributed by atoms with Gasteiger partial charge < -0.3 is 10.1 Å². The molecule has 0 heterocycles. The van der Waals surface area contributed by atoms with Crippen LogP contribution in [0.15, 0.2) is 113 Å². The monoisotopic (exact) mass is 610 g/mol. The zero-order valence-corrected chi connectivity index (χ0v) is 23.7. The highest BCUT2D eigenvalue weighted by Crippen LogP contribution is 2.25. The maximum atomic E-state index is 13.3. The maximum absolute atomic E-state index is 13.3. The molecule has 12 heteroatoms. The zero-order chi connectivity index (χ0) is 29.2. The number of hydrogen-bond donors (Lipinski definition) is 2. The zero-order valence-electron chi connectivity index (χ0n) is 21.4. The van der Waals surface area contributed by atoms with Crippen LogP contribution in [0.2, 0.25) is 10.0 Å². The van der Waals surface area contributed by atoms with Crippen molar-refractivity contribution in [3.8, 4) is 5.75 Å². The van der Waals surface area contributed by atoms with E-state index >= 15 is 0 Å². The minimum absolute atomic E-state index is 0.0369. The molecule has 4 aromatic carbocycles. The van der Waals surface area contributed by atoms with Crippen molar-refractivity contribution in [3.05, 3.63) is 119 Å². The molecule has 0 saturated carbocycles. The molecule has 0 aliphatic rings. The molecule has 4 aromatic rings. The average Bonchev–Trinajstić information content (AvgIpc) is 2.98. The Bertz CT molecular complexity index is 1630. The molecule has 2 amide bonds. The number of nitrogens with one attached hydrogen (secondary N) is 2. The predicted molar refractivity (Wildman–Crippen MR) is 160 cm³/mol. The largest absolute Gasteiger partial charge is 0.484 e. The van der Waals surface area contributed by atoms with Crippen LogP contribution in [0.3, 0.4) is 0 Å². The van der Waals surface area contributed by atoms with E-state index in [0.717, 1.165) is 4.31 Å². The fourth-order valence-electron chi connectivity index (χ4n) is 3.53. The number of rotatable bonds is 11. The predicted octanol–water partition coefficient (Wildman–Crippen LogP) is 5.36. The van der Waals surface area contributed by atoms with E-state index < -0.39 is 22.5 Å². The van der Waals surface area contributed by atoms with Crippen LogP contribution >= 0.6 is 23.2 Å². The quantitative estimate of drug-likeness (QED) is 0.175. The topological polar surface area (TPSA) is 117 Å². The van der Waals surface area contributed by atoms with Crippen LogP contribution in [0.4, 0.5) is 11.4 Å². The lowest BCUT2D eigenvalue weighted by Crippen LogP contribution is -2.39. The molecule has 9 nitrogen and oxygen atoms in total. The molecule has 0 aromatic heterocycles. The summed E-state index contributed by atoms with van der Waals surface area (Å²) >= 11 is 12.0.